The monoisotopic (exact) mass is 336 g/mol. The molecule has 4 aliphatic rings. The van der Waals surface area contributed by atoms with E-state index in [1.807, 2.05) is 12.2 Å². The van der Waals surface area contributed by atoms with E-state index < -0.39 is 47.2 Å². The molecule has 0 aliphatic heterocycles. The van der Waals surface area contributed by atoms with Crippen LogP contribution in [-0.4, -0.2) is 24.7 Å². The normalized spacial score (nSPS) is 48.8. The van der Waals surface area contributed by atoms with Gasteiger partial charge in [-0.2, -0.15) is 13.2 Å². The van der Waals surface area contributed by atoms with Gasteiger partial charge in [-0.25, -0.2) is 8.78 Å². The first kappa shape index (κ1) is 15.4. The molecule has 128 valence electrons. The van der Waals surface area contributed by atoms with Crippen molar-refractivity contribution in [3.8, 4) is 0 Å². The maximum atomic E-state index is 14.9. The average molecular weight is 336 g/mol. The van der Waals surface area contributed by atoms with Gasteiger partial charge in [-0.05, 0) is 49.4 Å². The van der Waals surface area contributed by atoms with Crippen molar-refractivity contribution in [2.24, 2.45) is 40.9 Å². The van der Waals surface area contributed by atoms with Crippen molar-refractivity contribution in [3.05, 3.63) is 12.2 Å². The predicted molar refractivity (Wildman–Crippen MR) is 69.4 cm³/mol. The number of esters is 1. The number of carbonyl (C=O) groups excluding carboxylic acids is 1. The fourth-order valence-corrected chi connectivity index (χ4v) is 6.06. The molecule has 0 heterocycles. The van der Waals surface area contributed by atoms with E-state index in [4.69, 9.17) is 0 Å². The third-order valence-corrected chi connectivity index (χ3v) is 6.61. The third-order valence-electron chi connectivity index (χ3n) is 6.61. The number of allylic oxidation sites excluding steroid dienone is 2. The molecule has 4 bridgehead atoms. The van der Waals surface area contributed by atoms with Crippen molar-refractivity contribution < 1.29 is 31.5 Å². The maximum Gasteiger partial charge on any atom is 0.411 e. The van der Waals surface area contributed by atoms with E-state index in [0.29, 0.717) is 6.42 Å². The minimum absolute atomic E-state index is 0.0701. The number of fused-ring (bicyclic) bond motifs is 9. The van der Waals surface area contributed by atoms with Crippen molar-refractivity contribution in [1.82, 2.24) is 0 Å². The van der Waals surface area contributed by atoms with Gasteiger partial charge in [0.1, 0.15) is 0 Å². The van der Waals surface area contributed by atoms with Gasteiger partial charge in [-0.1, -0.05) is 12.2 Å². The van der Waals surface area contributed by atoms with E-state index in [-0.39, 0.29) is 24.9 Å². The van der Waals surface area contributed by atoms with Crippen LogP contribution < -0.4 is 0 Å². The van der Waals surface area contributed by atoms with Gasteiger partial charge in [0.25, 0.3) is 5.92 Å². The molecule has 7 atom stereocenters. The van der Waals surface area contributed by atoms with Crippen LogP contribution in [0.15, 0.2) is 12.2 Å². The molecule has 3 fully saturated rings. The van der Waals surface area contributed by atoms with Crippen LogP contribution in [0, 0.1) is 40.9 Å². The highest BCUT2D eigenvalue weighted by Gasteiger charge is 2.89. The Morgan fingerprint density at radius 2 is 1.70 bits per heavy atom. The number of rotatable bonds is 2. The molecule has 0 radical (unpaired) electrons. The van der Waals surface area contributed by atoms with Crippen molar-refractivity contribution in [2.45, 2.75) is 31.9 Å². The van der Waals surface area contributed by atoms with Gasteiger partial charge < -0.3 is 4.74 Å². The number of hydrogen-bond acceptors (Lipinski definition) is 2. The zero-order chi connectivity index (χ0) is 16.8. The molecule has 0 saturated heterocycles. The van der Waals surface area contributed by atoms with E-state index in [0.717, 1.165) is 0 Å². The molecule has 3 saturated carbocycles. The van der Waals surface area contributed by atoms with E-state index in [1.54, 1.807) is 0 Å². The summed E-state index contributed by atoms with van der Waals surface area (Å²) in [7, 11) is 0. The quantitative estimate of drug-likeness (QED) is 0.332. The van der Waals surface area contributed by atoms with Gasteiger partial charge >= 0.3 is 12.1 Å². The number of hydrogen-bond donors (Lipinski definition) is 0. The molecular formula is C16H17F5O2. The van der Waals surface area contributed by atoms with Gasteiger partial charge in [0.15, 0.2) is 0 Å². The van der Waals surface area contributed by atoms with Crippen molar-refractivity contribution in [1.29, 1.82) is 0 Å². The molecule has 0 aromatic heterocycles. The topological polar surface area (TPSA) is 26.3 Å². The van der Waals surface area contributed by atoms with Gasteiger partial charge in [-0.3, -0.25) is 4.79 Å². The maximum absolute atomic E-state index is 14.9. The minimum atomic E-state index is -5.32. The lowest BCUT2D eigenvalue weighted by atomic mass is 9.59. The molecule has 0 aromatic rings. The standard InChI is InChI=1S/C16H17F5O2/c1-2-23-13(22)14(16(19,20)21)9-6-10(15(14,17)18)12-8-4-3-7(5-8)11(9)12/h3-4,7-12H,2,5-6H2,1H3/t7-,8+,9+,10-,11-,12+,14-/m1/s1. The molecule has 23 heavy (non-hydrogen) atoms. The fourth-order valence-electron chi connectivity index (χ4n) is 6.06. The predicted octanol–water partition coefficient (Wildman–Crippen LogP) is 3.82. The van der Waals surface area contributed by atoms with E-state index in [2.05, 4.69) is 4.74 Å². The summed E-state index contributed by atoms with van der Waals surface area (Å²) in [5.74, 6) is -9.78. The van der Waals surface area contributed by atoms with Crippen molar-refractivity contribution in [3.63, 3.8) is 0 Å². The third kappa shape index (κ3) is 1.48. The summed E-state index contributed by atoms with van der Waals surface area (Å²) >= 11 is 0. The second-order valence-corrected chi connectivity index (χ2v) is 7.20. The van der Waals surface area contributed by atoms with Crippen LogP contribution in [0.3, 0.4) is 0 Å². The number of carbonyl (C=O) groups is 1. The van der Waals surface area contributed by atoms with E-state index in [9.17, 15) is 26.7 Å². The molecular weight excluding hydrogens is 319 g/mol. The molecule has 4 aliphatic carbocycles. The average Bonchev–Trinajstić information content (AvgIpc) is 3.12. The summed E-state index contributed by atoms with van der Waals surface area (Å²) in [6, 6.07) is 0. The Kier molecular flexibility index (Phi) is 2.86. The first-order valence-electron chi connectivity index (χ1n) is 7.98. The highest BCUT2D eigenvalue weighted by Crippen LogP contribution is 2.78. The van der Waals surface area contributed by atoms with Crippen LogP contribution in [0.1, 0.15) is 19.8 Å². The van der Waals surface area contributed by atoms with E-state index in [1.165, 1.54) is 6.92 Å². The lowest BCUT2D eigenvalue weighted by Gasteiger charge is -2.48. The van der Waals surface area contributed by atoms with Crippen molar-refractivity contribution >= 4 is 5.97 Å². The van der Waals surface area contributed by atoms with Crippen LogP contribution in [0.5, 0.6) is 0 Å². The Morgan fingerprint density at radius 1 is 1.13 bits per heavy atom. The molecule has 0 amide bonds. The number of halogens is 5. The molecule has 7 heteroatoms. The molecule has 0 unspecified atom stereocenters. The SMILES string of the molecule is CCOC(=O)[C@]1(C(F)(F)F)[C@H]2C[C@H]([C@H]3[C@@H]2[C@@H]2C=C[C@H]3C2)C1(F)F. The van der Waals surface area contributed by atoms with Gasteiger partial charge in [0, 0.05) is 5.92 Å². The van der Waals surface area contributed by atoms with E-state index >= 15 is 0 Å². The largest absolute Gasteiger partial charge is 0.465 e. The Morgan fingerprint density at radius 3 is 2.22 bits per heavy atom. The summed E-state index contributed by atoms with van der Waals surface area (Å²) in [5, 5.41) is 0. The first-order valence-corrected chi connectivity index (χ1v) is 7.98. The fraction of sp³-hybridized carbons (Fsp3) is 0.812. The molecule has 4 rings (SSSR count). The van der Waals surface area contributed by atoms with Crippen LogP contribution in [0.2, 0.25) is 0 Å². The second kappa shape index (κ2) is 4.28. The number of alkyl halides is 5. The molecule has 2 nitrogen and oxygen atoms in total. The summed E-state index contributed by atoms with van der Waals surface area (Å²) < 4.78 is 75.9. The van der Waals surface area contributed by atoms with Gasteiger partial charge in [0.2, 0.25) is 5.41 Å². The summed E-state index contributed by atoms with van der Waals surface area (Å²) in [6.07, 6.45) is -1.22. The summed E-state index contributed by atoms with van der Waals surface area (Å²) in [6.45, 7) is 0.987. The molecule has 0 N–H and O–H groups in total. The van der Waals surface area contributed by atoms with Crippen LogP contribution in [0.25, 0.3) is 0 Å². The Bertz CT molecular complexity index is 584. The highest BCUT2D eigenvalue weighted by atomic mass is 19.4. The van der Waals surface area contributed by atoms with Crippen LogP contribution >= 0.6 is 0 Å². The smallest absolute Gasteiger partial charge is 0.411 e. The summed E-state index contributed by atoms with van der Waals surface area (Å²) in [5.41, 5.74) is -3.68. The Labute approximate surface area is 130 Å². The van der Waals surface area contributed by atoms with Crippen LogP contribution in [-0.2, 0) is 9.53 Å². The molecule has 0 aromatic carbocycles. The zero-order valence-corrected chi connectivity index (χ0v) is 12.4. The number of ether oxygens (including phenoxy) is 1. The first-order chi connectivity index (χ1) is 10.7. The van der Waals surface area contributed by atoms with Gasteiger partial charge in [0.05, 0.1) is 6.61 Å². The Hall–Kier alpha value is -1.14. The van der Waals surface area contributed by atoms with Crippen molar-refractivity contribution in [2.75, 3.05) is 6.61 Å². The van der Waals surface area contributed by atoms with Gasteiger partial charge in [-0.15, -0.1) is 0 Å². The lowest BCUT2D eigenvalue weighted by molar-refractivity contribution is -0.321. The zero-order valence-electron chi connectivity index (χ0n) is 12.4. The van der Waals surface area contributed by atoms with Crippen LogP contribution in [0.4, 0.5) is 22.0 Å². The minimum Gasteiger partial charge on any atom is -0.465 e. The highest BCUT2D eigenvalue weighted by molar-refractivity contribution is 5.81. The second-order valence-electron chi connectivity index (χ2n) is 7.20. The summed E-state index contributed by atoms with van der Waals surface area (Å²) in [4.78, 5) is 12.2. The lowest BCUT2D eigenvalue weighted by Crippen LogP contribution is -2.64. The molecule has 0 spiro atoms. The Balaban J connectivity index is 1.87.